The molecule has 1 aromatic rings. The molecule has 0 aliphatic carbocycles. The minimum absolute atomic E-state index is 0.0393. The van der Waals surface area contributed by atoms with Crippen LogP contribution in [0, 0.1) is 0 Å². The van der Waals surface area contributed by atoms with Crippen LogP contribution in [0.15, 0.2) is 54.8 Å². The molecule has 1 atom stereocenters. The average Bonchev–Trinajstić information content (AvgIpc) is 2.33. The van der Waals surface area contributed by atoms with Crippen molar-refractivity contribution in [1.82, 2.24) is 4.90 Å². The first-order valence-electron chi connectivity index (χ1n) is 5.54. The molecular formula is C14H15NO2. The van der Waals surface area contributed by atoms with Crippen molar-refractivity contribution in [3.05, 3.63) is 60.4 Å². The molecule has 3 nitrogen and oxygen atoms in total. The average molecular weight is 229 g/mol. The van der Waals surface area contributed by atoms with Gasteiger partial charge in [0, 0.05) is 18.2 Å². The van der Waals surface area contributed by atoms with Crippen LogP contribution < -0.4 is 0 Å². The zero-order valence-electron chi connectivity index (χ0n) is 9.80. The van der Waals surface area contributed by atoms with Gasteiger partial charge in [0.2, 0.25) is 6.23 Å². The van der Waals surface area contributed by atoms with E-state index in [0.717, 1.165) is 5.56 Å². The van der Waals surface area contributed by atoms with Crippen molar-refractivity contribution in [3.63, 3.8) is 0 Å². The number of carbonyl (C=O) groups is 1. The van der Waals surface area contributed by atoms with Gasteiger partial charge in [0.05, 0.1) is 0 Å². The third-order valence-electron chi connectivity index (χ3n) is 2.60. The van der Waals surface area contributed by atoms with Crippen LogP contribution in [-0.2, 0) is 9.53 Å². The van der Waals surface area contributed by atoms with Gasteiger partial charge in [-0.05, 0) is 6.92 Å². The topological polar surface area (TPSA) is 29.5 Å². The van der Waals surface area contributed by atoms with E-state index in [2.05, 4.69) is 6.58 Å². The summed E-state index contributed by atoms with van der Waals surface area (Å²) in [6.07, 6.45) is 2.85. The lowest BCUT2D eigenvalue weighted by Gasteiger charge is -2.34. The standard InChI is InChI=1S/C14H15NO2/c1-3-9-15-13(16)10-11(2)17-14(15)12-7-5-4-6-8-12/h3-8,10,14H,1,9H2,2H3. The van der Waals surface area contributed by atoms with Crippen molar-refractivity contribution < 1.29 is 9.53 Å². The monoisotopic (exact) mass is 229 g/mol. The normalized spacial score (nSPS) is 19.6. The molecule has 88 valence electrons. The van der Waals surface area contributed by atoms with Crippen LogP contribution in [0.5, 0.6) is 0 Å². The van der Waals surface area contributed by atoms with Crippen molar-refractivity contribution in [3.8, 4) is 0 Å². The number of amides is 1. The lowest BCUT2D eigenvalue weighted by molar-refractivity contribution is -0.141. The molecule has 1 amide bonds. The second-order valence-electron chi connectivity index (χ2n) is 3.92. The fourth-order valence-corrected chi connectivity index (χ4v) is 1.84. The molecule has 0 aromatic heterocycles. The Morgan fingerprint density at radius 2 is 2.12 bits per heavy atom. The molecule has 0 bridgehead atoms. The molecule has 3 heteroatoms. The number of hydrogen-bond donors (Lipinski definition) is 0. The molecule has 0 saturated heterocycles. The van der Waals surface area contributed by atoms with Gasteiger partial charge in [-0.3, -0.25) is 9.69 Å². The molecule has 17 heavy (non-hydrogen) atoms. The molecule has 0 radical (unpaired) electrons. The highest BCUT2D eigenvalue weighted by atomic mass is 16.5. The maximum Gasteiger partial charge on any atom is 0.253 e. The van der Waals surface area contributed by atoms with E-state index in [1.54, 1.807) is 17.9 Å². The number of carbonyl (C=O) groups excluding carboxylic acids is 1. The van der Waals surface area contributed by atoms with E-state index >= 15 is 0 Å². The fourth-order valence-electron chi connectivity index (χ4n) is 1.84. The molecule has 0 fully saturated rings. The highest BCUT2D eigenvalue weighted by Gasteiger charge is 2.28. The summed E-state index contributed by atoms with van der Waals surface area (Å²) in [5.74, 6) is 0.603. The van der Waals surface area contributed by atoms with Crippen molar-refractivity contribution >= 4 is 5.91 Å². The molecule has 1 unspecified atom stereocenters. The predicted octanol–water partition coefficient (Wildman–Crippen LogP) is 2.63. The summed E-state index contributed by atoms with van der Waals surface area (Å²) in [5.41, 5.74) is 0.968. The Bertz CT molecular complexity index is 451. The van der Waals surface area contributed by atoms with E-state index in [1.165, 1.54) is 6.08 Å². The Balaban J connectivity index is 2.33. The van der Waals surface area contributed by atoms with Crippen molar-refractivity contribution in [2.75, 3.05) is 6.54 Å². The number of allylic oxidation sites excluding steroid dienone is 1. The molecule has 1 aliphatic heterocycles. The predicted molar refractivity (Wildman–Crippen MR) is 65.9 cm³/mol. The molecule has 0 spiro atoms. The summed E-state index contributed by atoms with van der Waals surface area (Å²) in [4.78, 5) is 13.5. The second kappa shape index (κ2) is 4.87. The van der Waals surface area contributed by atoms with E-state index in [-0.39, 0.29) is 12.1 Å². The first kappa shape index (κ1) is 11.5. The Morgan fingerprint density at radius 1 is 1.41 bits per heavy atom. The highest BCUT2D eigenvalue weighted by Crippen LogP contribution is 2.28. The van der Waals surface area contributed by atoms with E-state index in [9.17, 15) is 4.79 Å². The molecule has 1 aliphatic rings. The van der Waals surface area contributed by atoms with Crippen LogP contribution in [0.2, 0.25) is 0 Å². The molecule has 1 aromatic carbocycles. The second-order valence-corrected chi connectivity index (χ2v) is 3.92. The van der Waals surface area contributed by atoms with Gasteiger partial charge < -0.3 is 4.74 Å². The fraction of sp³-hybridized carbons (Fsp3) is 0.214. The number of benzene rings is 1. The van der Waals surface area contributed by atoms with E-state index in [0.29, 0.717) is 12.3 Å². The van der Waals surface area contributed by atoms with Gasteiger partial charge in [-0.1, -0.05) is 36.4 Å². The van der Waals surface area contributed by atoms with E-state index < -0.39 is 0 Å². The van der Waals surface area contributed by atoms with Crippen LogP contribution in [0.1, 0.15) is 18.7 Å². The summed E-state index contributed by atoms with van der Waals surface area (Å²) in [6, 6.07) is 9.71. The summed E-state index contributed by atoms with van der Waals surface area (Å²) in [5, 5.41) is 0. The smallest absolute Gasteiger partial charge is 0.253 e. The maximum absolute atomic E-state index is 11.9. The number of ether oxygens (including phenoxy) is 1. The first-order chi connectivity index (χ1) is 8.22. The van der Waals surface area contributed by atoms with Crippen molar-refractivity contribution in [1.29, 1.82) is 0 Å². The maximum atomic E-state index is 11.9. The quantitative estimate of drug-likeness (QED) is 0.746. The lowest BCUT2D eigenvalue weighted by Crippen LogP contribution is -2.38. The molecule has 2 rings (SSSR count). The molecule has 0 saturated carbocycles. The molecular weight excluding hydrogens is 214 g/mol. The van der Waals surface area contributed by atoms with E-state index in [4.69, 9.17) is 4.74 Å². The van der Waals surface area contributed by atoms with Crippen LogP contribution >= 0.6 is 0 Å². The zero-order chi connectivity index (χ0) is 12.3. The van der Waals surface area contributed by atoms with Crippen molar-refractivity contribution in [2.45, 2.75) is 13.2 Å². The Hall–Kier alpha value is -2.03. The van der Waals surface area contributed by atoms with Gasteiger partial charge in [-0.25, -0.2) is 0 Å². The molecule has 1 heterocycles. The Morgan fingerprint density at radius 3 is 2.76 bits per heavy atom. The van der Waals surface area contributed by atoms with Crippen LogP contribution in [-0.4, -0.2) is 17.4 Å². The third kappa shape index (κ3) is 2.38. The van der Waals surface area contributed by atoms with Gasteiger partial charge >= 0.3 is 0 Å². The summed E-state index contributed by atoms with van der Waals surface area (Å²) in [7, 11) is 0. The number of hydrogen-bond acceptors (Lipinski definition) is 2. The Labute approximate surface area is 101 Å². The lowest BCUT2D eigenvalue weighted by atomic mass is 10.1. The molecule has 0 N–H and O–H groups in total. The van der Waals surface area contributed by atoms with E-state index in [1.807, 2.05) is 30.3 Å². The number of nitrogens with zero attached hydrogens (tertiary/aromatic N) is 1. The third-order valence-corrected chi connectivity index (χ3v) is 2.60. The first-order valence-corrected chi connectivity index (χ1v) is 5.54. The van der Waals surface area contributed by atoms with Gasteiger partial charge in [0.15, 0.2) is 0 Å². The number of rotatable bonds is 3. The SMILES string of the molecule is C=CCN1C(=O)C=C(C)OC1c1ccccc1. The van der Waals surface area contributed by atoms with Gasteiger partial charge in [0.1, 0.15) is 5.76 Å². The summed E-state index contributed by atoms with van der Waals surface area (Å²) < 4.78 is 5.73. The van der Waals surface area contributed by atoms with Gasteiger partial charge in [0.25, 0.3) is 5.91 Å². The summed E-state index contributed by atoms with van der Waals surface area (Å²) in [6.45, 7) is 5.93. The van der Waals surface area contributed by atoms with Crippen LogP contribution in [0.25, 0.3) is 0 Å². The minimum Gasteiger partial charge on any atom is -0.471 e. The Kier molecular flexibility index (Phi) is 3.28. The van der Waals surface area contributed by atoms with Crippen LogP contribution in [0.4, 0.5) is 0 Å². The highest BCUT2D eigenvalue weighted by molar-refractivity contribution is 5.89. The zero-order valence-corrected chi connectivity index (χ0v) is 9.80. The van der Waals surface area contributed by atoms with Crippen molar-refractivity contribution in [2.24, 2.45) is 0 Å². The minimum atomic E-state index is -0.355. The van der Waals surface area contributed by atoms with Gasteiger partial charge in [-0.15, -0.1) is 6.58 Å². The van der Waals surface area contributed by atoms with Crippen LogP contribution in [0.3, 0.4) is 0 Å². The largest absolute Gasteiger partial charge is 0.471 e. The summed E-state index contributed by atoms with van der Waals surface area (Å²) >= 11 is 0. The van der Waals surface area contributed by atoms with Gasteiger partial charge in [-0.2, -0.15) is 0 Å².